The fourth-order valence-corrected chi connectivity index (χ4v) is 1.55. The molecule has 1 aromatic heterocycles. The maximum absolute atomic E-state index is 9.28. The highest BCUT2D eigenvalue weighted by Crippen LogP contribution is 2.24. The van der Waals surface area contributed by atoms with Gasteiger partial charge in [0.2, 0.25) is 0 Å². The van der Waals surface area contributed by atoms with Gasteiger partial charge in [0.15, 0.2) is 0 Å². The Morgan fingerprint density at radius 3 is 2.80 bits per heavy atom. The molecule has 4 heteroatoms. The number of aliphatic hydroxyl groups excluding tert-OH is 1. The molecule has 0 fully saturated rings. The summed E-state index contributed by atoms with van der Waals surface area (Å²) in [5, 5.41) is 17.3. The molecule has 0 aliphatic carbocycles. The summed E-state index contributed by atoms with van der Waals surface area (Å²) in [6.07, 6.45) is 0. The Morgan fingerprint density at radius 1 is 1.40 bits per heavy atom. The summed E-state index contributed by atoms with van der Waals surface area (Å²) >= 11 is 0. The van der Waals surface area contributed by atoms with Gasteiger partial charge in [0.25, 0.3) is 0 Å². The molecule has 80 valence electrons. The van der Waals surface area contributed by atoms with Gasteiger partial charge in [-0.25, -0.2) is 4.68 Å². The molecule has 1 N–H and O–H groups in total. The highest BCUT2D eigenvalue weighted by atomic mass is 16.3. The summed E-state index contributed by atoms with van der Waals surface area (Å²) in [6.45, 7) is 4.13. The average molecular weight is 205 g/mol. The van der Waals surface area contributed by atoms with Gasteiger partial charge >= 0.3 is 0 Å². The predicted octanol–water partition coefficient (Wildman–Crippen LogP) is 1.24. The number of hydrogen-bond acceptors (Lipinski definition) is 3. The number of aliphatic hydroxyl groups is 1. The topological polar surface area (TPSA) is 50.9 Å². The normalized spacial score (nSPS) is 12.3. The van der Waals surface area contributed by atoms with Gasteiger partial charge in [0, 0.05) is 12.5 Å². The summed E-state index contributed by atoms with van der Waals surface area (Å²) in [5.74, 6) is 0. The highest BCUT2D eigenvalue weighted by Gasteiger charge is 2.20. The van der Waals surface area contributed by atoms with Crippen molar-refractivity contribution in [1.82, 2.24) is 15.0 Å². The monoisotopic (exact) mass is 205 g/mol. The minimum Gasteiger partial charge on any atom is -0.395 e. The molecule has 0 radical (unpaired) electrons. The van der Waals surface area contributed by atoms with E-state index in [0.717, 1.165) is 16.6 Å². The van der Waals surface area contributed by atoms with E-state index in [2.05, 4.69) is 10.3 Å². The summed E-state index contributed by atoms with van der Waals surface area (Å²) < 4.78 is 1.74. The number of rotatable bonds is 2. The number of fused-ring (bicyclic) bond motifs is 1. The second-order valence-electron chi connectivity index (χ2n) is 4.46. The Morgan fingerprint density at radius 2 is 2.13 bits per heavy atom. The van der Waals surface area contributed by atoms with E-state index < -0.39 is 0 Å². The molecule has 0 unspecified atom stereocenters. The Bertz CT molecular complexity index is 488. The number of hydrogen-bond donors (Lipinski definition) is 1. The van der Waals surface area contributed by atoms with Crippen LogP contribution in [0.4, 0.5) is 0 Å². The van der Waals surface area contributed by atoms with Crippen molar-refractivity contribution < 1.29 is 5.11 Å². The summed E-state index contributed by atoms with van der Waals surface area (Å²) in [5.41, 5.74) is 2.73. The number of aromatic nitrogens is 3. The van der Waals surface area contributed by atoms with Crippen molar-refractivity contribution in [2.45, 2.75) is 19.3 Å². The fraction of sp³-hybridized carbons (Fsp3) is 0.455. The number of nitrogens with zero attached hydrogens (tertiary/aromatic N) is 3. The first-order valence-electron chi connectivity index (χ1n) is 4.95. The van der Waals surface area contributed by atoms with Crippen LogP contribution >= 0.6 is 0 Å². The van der Waals surface area contributed by atoms with Crippen molar-refractivity contribution in [3.05, 3.63) is 23.8 Å². The molecule has 4 nitrogen and oxygen atoms in total. The molecule has 0 aliphatic heterocycles. The molecule has 0 spiro atoms. The van der Waals surface area contributed by atoms with Crippen LogP contribution in [0.5, 0.6) is 0 Å². The lowest BCUT2D eigenvalue weighted by molar-refractivity contribution is 0.218. The average Bonchev–Trinajstić information content (AvgIpc) is 2.60. The molecule has 2 aromatic rings. The van der Waals surface area contributed by atoms with Gasteiger partial charge in [-0.15, -0.1) is 5.10 Å². The van der Waals surface area contributed by atoms with Crippen LogP contribution in [0.3, 0.4) is 0 Å². The van der Waals surface area contributed by atoms with Crippen molar-refractivity contribution >= 4 is 11.0 Å². The van der Waals surface area contributed by atoms with Crippen LogP contribution in [0.15, 0.2) is 18.2 Å². The third-order valence-electron chi connectivity index (χ3n) is 2.79. The van der Waals surface area contributed by atoms with Gasteiger partial charge in [0.05, 0.1) is 12.1 Å². The fourth-order valence-electron chi connectivity index (χ4n) is 1.55. The van der Waals surface area contributed by atoms with Gasteiger partial charge in [-0.1, -0.05) is 25.1 Å². The largest absolute Gasteiger partial charge is 0.395 e. The number of aryl methyl sites for hydroxylation is 1. The molecule has 1 aromatic carbocycles. The lowest BCUT2D eigenvalue weighted by atomic mass is 9.85. The first-order chi connectivity index (χ1) is 7.04. The highest BCUT2D eigenvalue weighted by molar-refractivity contribution is 5.75. The van der Waals surface area contributed by atoms with Crippen LogP contribution in [0.2, 0.25) is 0 Å². The maximum Gasteiger partial charge on any atom is 0.113 e. The van der Waals surface area contributed by atoms with E-state index in [1.165, 1.54) is 0 Å². The molecular weight excluding hydrogens is 190 g/mol. The van der Waals surface area contributed by atoms with Crippen LogP contribution in [0.1, 0.15) is 19.4 Å². The van der Waals surface area contributed by atoms with E-state index in [1.807, 2.05) is 39.1 Å². The second kappa shape index (κ2) is 3.31. The first-order valence-corrected chi connectivity index (χ1v) is 4.95. The van der Waals surface area contributed by atoms with Gasteiger partial charge < -0.3 is 5.11 Å². The number of benzene rings is 1. The van der Waals surface area contributed by atoms with E-state index in [0.29, 0.717) is 0 Å². The molecule has 0 amide bonds. The zero-order chi connectivity index (χ0) is 11.1. The maximum atomic E-state index is 9.28. The smallest absolute Gasteiger partial charge is 0.113 e. The van der Waals surface area contributed by atoms with E-state index in [-0.39, 0.29) is 12.0 Å². The van der Waals surface area contributed by atoms with Crippen LogP contribution in [-0.4, -0.2) is 26.7 Å². The van der Waals surface area contributed by atoms with Gasteiger partial charge in [-0.2, -0.15) is 0 Å². The SMILES string of the molecule is Cn1nnc2cc(C(C)(C)CO)ccc21. The Balaban J connectivity index is 2.57. The minimum absolute atomic E-state index is 0.124. The Hall–Kier alpha value is -1.42. The zero-order valence-corrected chi connectivity index (χ0v) is 9.23. The lowest BCUT2D eigenvalue weighted by Crippen LogP contribution is -2.21. The van der Waals surface area contributed by atoms with Crippen LogP contribution < -0.4 is 0 Å². The van der Waals surface area contributed by atoms with E-state index in [1.54, 1.807) is 4.68 Å². The summed E-state index contributed by atoms with van der Waals surface area (Å²) in [6, 6.07) is 5.99. The van der Waals surface area contributed by atoms with E-state index in [9.17, 15) is 5.11 Å². The van der Waals surface area contributed by atoms with E-state index in [4.69, 9.17) is 0 Å². The Labute approximate surface area is 88.5 Å². The van der Waals surface area contributed by atoms with Gasteiger partial charge in [-0.3, -0.25) is 0 Å². The van der Waals surface area contributed by atoms with E-state index >= 15 is 0 Å². The molecule has 0 saturated carbocycles. The summed E-state index contributed by atoms with van der Waals surface area (Å²) in [4.78, 5) is 0. The Kier molecular flexibility index (Phi) is 2.23. The van der Waals surface area contributed by atoms with Crippen molar-refractivity contribution in [3.63, 3.8) is 0 Å². The van der Waals surface area contributed by atoms with Crippen LogP contribution in [-0.2, 0) is 12.5 Å². The predicted molar refractivity (Wildman–Crippen MR) is 58.6 cm³/mol. The molecule has 0 saturated heterocycles. The molecule has 2 rings (SSSR count). The van der Waals surface area contributed by atoms with Crippen molar-refractivity contribution in [2.75, 3.05) is 6.61 Å². The van der Waals surface area contributed by atoms with Crippen molar-refractivity contribution in [2.24, 2.45) is 7.05 Å². The lowest BCUT2D eigenvalue weighted by Gasteiger charge is -2.21. The quantitative estimate of drug-likeness (QED) is 0.802. The standard InChI is InChI=1S/C11H15N3O/c1-11(2,7-15)8-4-5-10-9(6-8)12-13-14(10)3/h4-6,15H,7H2,1-3H3. The molecule has 0 bridgehead atoms. The van der Waals surface area contributed by atoms with Crippen LogP contribution in [0, 0.1) is 0 Å². The third-order valence-corrected chi connectivity index (χ3v) is 2.79. The third kappa shape index (κ3) is 1.61. The molecule has 15 heavy (non-hydrogen) atoms. The van der Waals surface area contributed by atoms with Crippen LogP contribution in [0.25, 0.3) is 11.0 Å². The van der Waals surface area contributed by atoms with Crippen molar-refractivity contribution in [3.8, 4) is 0 Å². The zero-order valence-electron chi connectivity index (χ0n) is 9.23. The van der Waals surface area contributed by atoms with Crippen molar-refractivity contribution in [1.29, 1.82) is 0 Å². The second-order valence-corrected chi connectivity index (χ2v) is 4.46. The first kappa shape index (κ1) is 10.1. The van der Waals surface area contributed by atoms with Gasteiger partial charge in [-0.05, 0) is 17.7 Å². The summed E-state index contributed by atoms with van der Waals surface area (Å²) in [7, 11) is 1.87. The van der Waals surface area contributed by atoms with Gasteiger partial charge in [0.1, 0.15) is 5.52 Å². The molecule has 0 atom stereocenters. The molecular formula is C11H15N3O. The molecule has 1 heterocycles. The molecule has 0 aliphatic rings. The minimum atomic E-state index is -0.230.